The zero-order chi connectivity index (χ0) is 19.5. The van der Waals surface area contributed by atoms with Crippen LogP contribution in [0.15, 0.2) is 48.7 Å². The van der Waals surface area contributed by atoms with Gasteiger partial charge in [0.1, 0.15) is 0 Å². The van der Waals surface area contributed by atoms with Gasteiger partial charge in [-0.2, -0.15) is 0 Å². The van der Waals surface area contributed by atoms with E-state index in [4.69, 9.17) is 0 Å². The van der Waals surface area contributed by atoms with Crippen molar-refractivity contribution >= 4 is 40.7 Å². The molecule has 1 fully saturated rings. The van der Waals surface area contributed by atoms with E-state index in [-0.39, 0.29) is 18.3 Å². The number of nitrogens with one attached hydrogen (secondary N) is 1. The second-order valence-electron chi connectivity index (χ2n) is 7.42. The third kappa shape index (κ3) is 4.35. The van der Waals surface area contributed by atoms with Crippen LogP contribution in [0.3, 0.4) is 0 Å². The van der Waals surface area contributed by atoms with Gasteiger partial charge in [0, 0.05) is 35.6 Å². The first-order valence-corrected chi connectivity index (χ1v) is 10.1. The highest BCUT2D eigenvalue weighted by atomic mass is 35.5. The summed E-state index contributed by atoms with van der Waals surface area (Å²) < 4.78 is 0. The lowest BCUT2D eigenvalue weighted by atomic mass is 9.98. The Morgan fingerprint density at radius 2 is 1.97 bits per heavy atom. The predicted molar refractivity (Wildman–Crippen MR) is 120 cm³/mol. The molecule has 0 saturated carbocycles. The second-order valence-corrected chi connectivity index (χ2v) is 7.42. The van der Waals surface area contributed by atoms with Gasteiger partial charge in [0.05, 0.1) is 11.3 Å². The quantitative estimate of drug-likeness (QED) is 0.616. The Morgan fingerprint density at radius 1 is 1.17 bits per heavy atom. The summed E-state index contributed by atoms with van der Waals surface area (Å²) in [6.45, 7) is 4.92. The molecule has 1 atom stereocenters. The molecule has 3 heterocycles. The van der Waals surface area contributed by atoms with Crippen molar-refractivity contribution in [1.82, 2.24) is 14.9 Å². The number of para-hydroxylation sites is 1. The second kappa shape index (κ2) is 9.23. The minimum Gasteiger partial charge on any atom is -0.354 e. The Labute approximate surface area is 178 Å². The van der Waals surface area contributed by atoms with Crippen LogP contribution in [0.1, 0.15) is 48.7 Å². The Bertz CT molecular complexity index is 993. The van der Waals surface area contributed by atoms with Crippen LogP contribution in [0.4, 0.5) is 11.4 Å². The Hall–Kier alpha value is -2.66. The molecule has 1 aliphatic rings. The van der Waals surface area contributed by atoms with Gasteiger partial charge in [-0.25, -0.2) is 9.97 Å². The van der Waals surface area contributed by atoms with Crippen molar-refractivity contribution in [3.63, 3.8) is 0 Å². The van der Waals surface area contributed by atoms with Gasteiger partial charge in [-0.3, -0.25) is 4.79 Å². The van der Waals surface area contributed by atoms with Gasteiger partial charge in [-0.1, -0.05) is 25.1 Å². The van der Waals surface area contributed by atoms with Crippen molar-refractivity contribution in [1.29, 1.82) is 0 Å². The average Bonchev–Trinajstić information content (AvgIpc) is 2.74. The van der Waals surface area contributed by atoms with Crippen LogP contribution in [-0.2, 0) is 0 Å². The number of aryl methyl sites for hydroxylation is 1. The summed E-state index contributed by atoms with van der Waals surface area (Å²) in [4.78, 5) is 24.6. The van der Waals surface area contributed by atoms with Crippen LogP contribution in [0.5, 0.6) is 0 Å². The van der Waals surface area contributed by atoms with E-state index >= 15 is 0 Å². The number of nitrogens with zero attached hydrogens (tertiary/aromatic N) is 3. The fourth-order valence-corrected chi connectivity index (χ4v) is 3.98. The molecule has 0 spiro atoms. The molecule has 5 nitrogen and oxygen atoms in total. The maximum atomic E-state index is 13.5. The fraction of sp³-hybridized carbons (Fsp3) is 0.348. The Balaban J connectivity index is 0.00000240. The third-order valence-electron chi connectivity index (χ3n) is 5.50. The lowest BCUT2D eigenvalue weighted by molar-refractivity contribution is 0.0609. The van der Waals surface area contributed by atoms with E-state index in [0.29, 0.717) is 17.3 Å². The van der Waals surface area contributed by atoms with E-state index in [1.165, 1.54) is 6.42 Å². The van der Waals surface area contributed by atoms with E-state index in [1.807, 2.05) is 54.3 Å². The number of benzene rings is 1. The number of fused-ring (bicyclic) bond motifs is 1. The zero-order valence-electron chi connectivity index (χ0n) is 16.9. The van der Waals surface area contributed by atoms with Crippen molar-refractivity contribution in [2.24, 2.45) is 0 Å². The lowest BCUT2D eigenvalue weighted by Crippen LogP contribution is -2.43. The van der Waals surface area contributed by atoms with Gasteiger partial charge >= 0.3 is 0 Å². The maximum absolute atomic E-state index is 13.5. The van der Waals surface area contributed by atoms with Crippen LogP contribution >= 0.6 is 12.4 Å². The summed E-state index contributed by atoms with van der Waals surface area (Å²) in [5.41, 5.74) is 3.90. The molecule has 29 heavy (non-hydrogen) atoms. The molecule has 1 amide bonds. The molecule has 1 unspecified atom stereocenters. The molecule has 1 saturated heterocycles. The highest BCUT2D eigenvalue weighted by molar-refractivity contribution is 6.07. The minimum absolute atomic E-state index is 0. The number of rotatable bonds is 4. The number of pyridine rings is 2. The molecule has 1 aromatic carbocycles. The van der Waals surface area contributed by atoms with Crippen LogP contribution in [0.2, 0.25) is 0 Å². The van der Waals surface area contributed by atoms with Gasteiger partial charge in [-0.15, -0.1) is 12.4 Å². The number of carbonyl (C=O) groups excluding carboxylic acids is 1. The zero-order valence-corrected chi connectivity index (χ0v) is 17.7. The Morgan fingerprint density at radius 3 is 2.72 bits per heavy atom. The van der Waals surface area contributed by atoms with E-state index in [0.717, 1.165) is 48.3 Å². The number of hydrogen-bond acceptors (Lipinski definition) is 4. The smallest absolute Gasteiger partial charge is 0.257 e. The molecular formula is C23H27ClN4O. The summed E-state index contributed by atoms with van der Waals surface area (Å²) in [6, 6.07) is 14.2. The molecule has 2 aromatic heterocycles. The topological polar surface area (TPSA) is 58.1 Å². The first kappa shape index (κ1) is 21.1. The molecule has 0 bridgehead atoms. The predicted octanol–water partition coefficient (Wildman–Crippen LogP) is 5.51. The SMILES string of the molecule is CCC1CCCCN1C(=O)c1cnc2nc(C)ccc2c1Nc1ccccc1.Cl. The average molecular weight is 411 g/mol. The summed E-state index contributed by atoms with van der Waals surface area (Å²) in [6.07, 6.45) is 5.99. The summed E-state index contributed by atoms with van der Waals surface area (Å²) in [7, 11) is 0. The van der Waals surface area contributed by atoms with Gasteiger partial charge in [0.25, 0.3) is 5.91 Å². The van der Waals surface area contributed by atoms with Crippen molar-refractivity contribution in [3.8, 4) is 0 Å². The standard InChI is InChI=1S/C23H26N4O.ClH/c1-3-18-11-7-8-14-27(18)23(28)20-15-24-22-19(13-12-16(2)25-22)21(20)26-17-9-5-4-6-10-17;/h4-6,9-10,12-13,15,18H,3,7-8,11,14H2,1-2H3,(H,24,25,26);1H. The lowest BCUT2D eigenvalue weighted by Gasteiger charge is -2.35. The largest absolute Gasteiger partial charge is 0.354 e. The van der Waals surface area contributed by atoms with Crippen LogP contribution < -0.4 is 5.32 Å². The molecule has 1 aliphatic heterocycles. The summed E-state index contributed by atoms with van der Waals surface area (Å²) in [5, 5.41) is 4.33. The van der Waals surface area contributed by atoms with E-state index < -0.39 is 0 Å². The number of piperidine rings is 1. The number of anilines is 2. The first-order chi connectivity index (χ1) is 13.7. The van der Waals surface area contributed by atoms with Crippen molar-refractivity contribution in [2.45, 2.75) is 45.6 Å². The molecule has 0 aliphatic carbocycles. The van der Waals surface area contributed by atoms with Gasteiger partial charge in [-0.05, 0) is 56.9 Å². The highest BCUT2D eigenvalue weighted by Crippen LogP contribution is 2.31. The van der Waals surface area contributed by atoms with Crippen molar-refractivity contribution < 1.29 is 4.79 Å². The molecular weight excluding hydrogens is 384 g/mol. The normalized spacial score (nSPS) is 16.3. The Kier molecular flexibility index (Phi) is 6.70. The third-order valence-corrected chi connectivity index (χ3v) is 5.50. The van der Waals surface area contributed by atoms with Crippen molar-refractivity contribution in [2.75, 3.05) is 11.9 Å². The number of carbonyl (C=O) groups is 1. The number of hydrogen-bond donors (Lipinski definition) is 1. The molecule has 0 radical (unpaired) electrons. The maximum Gasteiger partial charge on any atom is 0.257 e. The fourth-order valence-electron chi connectivity index (χ4n) is 3.98. The monoisotopic (exact) mass is 410 g/mol. The molecule has 152 valence electrons. The first-order valence-electron chi connectivity index (χ1n) is 10.1. The van der Waals surface area contributed by atoms with Crippen LogP contribution in [0, 0.1) is 6.92 Å². The van der Waals surface area contributed by atoms with E-state index in [1.54, 1.807) is 6.20 Å². The number of aromatic nitrogens is 2. The molecule has 4 rings (SSSR count). The molecule has 3 aromatic rings. The van der Waals surface area contributed by atoms with Crippen LogP contribution in [-0.4, -0.2) is 33.4 Å². The summed E-state index contributed by atoms with van der Waals surface area (Å²) in [5.74, 6) is 0.0555. The molecule has 1 N–H and O–H groups in total. The van der Waals surface area contributed by atoms with Gasteiger partial charge in [0.15, 0.2) is 5.65 Å². The number of amides is 1. The van der Waals surface area contributed by atoms with E-state index in [2.05, 4.69) is 22.2 Å². The summed E-state index contributed by atoms with van der Waals surface area (Å²) >= 11 is 0. The van der Waals surface area contributed by atoms with Crippen molar-refractivity contribution in [3.05, 3.63) is 59.9 Å². The number of likely N-dealkylation sites (tertiary alicyclic amines) is 1. The highest BCUT2D eigenvalue weighted by Gasteiger charge is 2.28. The van der Waals surface area contributed by atoms with Gasteiger partial charge in [0.2, 0.25) is 0 Å². The van der Waals surface area contributed by atoms with E-state index in [9.17, 15) is 4.79 Å². The van der Waals surface area contributed by atoms with Crippen LogP contribution in [0.25, 0.3) is 11.0 Å². The minimum atomic E-state index is 0. The number of halogens is 1. The van der Waals surface area contributed by atoms with Gasteiger partial charge < -0.3 is 10.2 Å². The molecule has 6 heteroatoms.